The van der Waals surface area contributed by atoms with E-state index in [1.54, 1.807) is 14.2 Å². The first-order chi connectivity index (χ1) is 7.85. The van der Waals surface area contributed by atoms with Gasteiger partial charge in [-0.05, 0) is 32.1 Å². The monoisotopic (exact) mass is 248 g/mol. The summed E-state index contributed by atoms with van der Waals surface area (Å²) in [5, 5.41) is 0. The van der Waals surface area contributed by atoms with Crippen LogP contribution in [0.4, 0.5) is 0 Å². The van der Waals surface area contributed by atoms with E-state index in [4.69, 9.17) is 21.1 Å². The second-order valence-electron chi connectivity index (χ2n) is 3.84. The first-order valence-corrected chi connectivity index (χ1v) is 6.65. The normalized spacial score (nSPS) is 11.8. The minimum Gasteiger partial charge on any atom is -0.356 e. The van der Waals surface area contributed by atoms with Gasteiger partial charge in [0.25, 0.3) is 0 Å². The number of halogens is 1. The van der Waals surface area contributed by atoms with Crippen molar-refractivity contribution in [3.63, 3.8) is 0 Å². The van der Waals surface area contributed by atoms with Crippen LogP contribution in [0.1, 0.15) is 44.9 Å². The fraction of sp³-hybridized carbons (Fsp3) is 0.846. The Morgan fingerprint density at radius 2 is 1.56 bits per heavy atom. The molecule has 0 bridgehead atoms. The van der Waals surface area contributed by atoms with E-state index in [1.807, 2.05) is 0 Å². The average Bonchev–Trinajstić information content (AvgIpc) is 2.32. The van der Waals surface area contributed by atoms with Gasteiger partial charge in [-0.1, -0.05) is 25.0 Å². The summed E-state index contributed by atoms with van der Waals surface area (Å²) in [7, 11) is 3.38. The van der Waals surface area contributed by atoms with Gasteiger partial charge >= 0.3 is 0 Å². The highest BCUT2D eigenvalue weighted by Gasteiger charge is 2.03. The molecule has 0 saturated heterocycles. The van der Waals surface area contributed by atoms with Crippen molar-refractivity contribution in [1.82, 2.24) is 0 Å². The van der Waals surface area contributed by atoms with Gasteiger partial charge in [0.2, 0.25) is 0 Å². The summed E-state index contributed by atoms with van der Waals surface area (Å²) in [6, 6.07) is 0. The van der Waals surface area contributed by atoms with Gasteiger partial charge in [-0.25, -0.2) is 0 Å². The van der Waals surface area contributed by atoms with Crippen LogP contribution < -0.4 is 0 Å². The van der Waals surface area contributed by atoms with E-state index in [2.05, 4.69) is 12.2 Å². The minimum atomic E-state index is -0.0244. The molecule has 0 saturated carbocycles. The zero-order valence-corrected chi connectivity index (χ0v) is 11.3. The zero-order valence-electron chi connectivity index (χ0n) is 10.6. The Balaban J connectivity index is 3.15. The van der Waals surface area contributed by atoms with Crippen LogP contribution in [-0.2, 0) is 9.47 Å². The van der Waals surface area contributed by atoms with E-state index in [9.17, 15) is 0 Å². The number of hydrogen-bond acceptors (Lipinski definition) is 2. The lowest BCUT2D eigenvalue weighted by atomic mass is 10.1. The van der Waals surface area contributed by atoms with Crippen LogP contribution in [0.15, 0.2) is 12.2 Å². The fourth-order valence-corrected chi connectivity index (χ4v) is 1.68. The van der Waals surface area contributed by atoms with Crippen LogP contribution in [0.25, 0.3) is 0 Å². The lowest BCUT2D eigenvalue weighted by molar-refractivity contribution is -0.107. The largest absolute Gasteiger partial charge is 0.356 e. The molecule has 3 heteroatoms. The number of rotatable bonds is 11. The summed E-state index contributed by atoms with van der Waals surface area (Å²) in [6.07, 6.45) is 12.5. The molecule has 0 N–H and O–H groups in total. The average molecular weight is 249 g/mol. The number of allylic oxidation sites excluding steroid dienone is 2. The van der Waals surface area contributed by atoms with E-state index in [1.165, 1.54) is 32.1 Å². The maximum absolute atomic E-state index is 5.57. The second-order valence-corrected chi connectivity index (χ2v) is 4.22. The van der Waals surface area contributed by atoms with E-state index in [0.29, 0.717) is 0 Å². The molecule has 0 atom stereocenters. The molecule has 0 amide bonds. The van der Waals surface area contributed by atoms with Crippen LogP contribution in [-0.4, -0.2) is 26.4 Å². The van der Waals surface area contributed by atoms with E-state index in [0.717, 1.165) is 18.7 Å². The Labute approximate surface area is 105 Å². The van der Waals surface area contributed by atoms with Gasteiger partial charge in [0, 0.05) is 20.1 Å². The molecule has 0 fully saturated rings. The number of hydrogen-bond donors (Lipinski definition) is 0. The predicted molar refractivity (Wildman–Crippen MR) is 70.0 cm³/mol. The molecular formula is C13H25ClO2. The van der Waals surface area contributed by atoms with Crippen molar-refractivity contribution in [2.75, 3.05) is 20.1 Å². The summed E-state index contributed by atoms with van der Waals surface area (Å²) in [5.41, 5.74) is 0. The molecule has 0 radical (unpaired) electrons. The molecule has 2 nitrogen and oxygen atoms in total. The Morgan fingerprint density at radius 3 is 2.19 bits per heavy atom. The third-order valence-electron chi connectivity index (χ3n) is 2.53. The van der Waals surface area contributed by atoms with Crippen LogP contribution >= 0.6 is 11.6 Å². The molecule has 0 aromatic carbocycles. The Morgan fingerprint density at radius 1 is 0.938 bits per heavy atom. The van der Waals surface area contributed by atoms with Crippen LogP contribution in [0.3, 0.4) is 0 Å². The molecule has 0 heterocycles. The molecule has 0 aliphatic rings. The number of alkyl halides is 1. The third-order valence-corrected chi connectivity index (χ3v) is 2.75. The molecule has 96 valence electrons. The molecule has 0 spiro atoms. The van der Waals surface area contributed by atoms with Crippen molar-refractivity contribution >= 4 is 11.6 Å². The van der Waals surface area contributed by atoms with Crippen LogP contribution in [0.2, 0.25) is 0 Å². The summed E-state index contributed by atoms with van der Waals surface area (Å²) >= 11 is 5.57. The molecule has 0 unspecified atom stereocenters. The smallest absolute Gasteiger partial charge is 0.156 e. The van der Waals surface area contributed by atoms with Crippen molar-refractivity contribution in [2.24, 2.45) is 0 Å². The number of methoxy groups -OCH3 is 2. The highest BCUT2D eigenvalue weighted by molar-refractivity contribution is 6.17. The van der Waals surface area contributed by atoms with Crippen molar-refractivity contribution < 1.29 is 9.47 Å². The summed E-state index contributed by atoms with van der Waals surface area (Å²) in [4.78, 5) is 0. The molecule has 0 rings (SSSR count). The molecule has 0 aromatic rings. The summed E-state index contributed by atoms with van der Waals surface area (Å²) in [5.74, 6) is 0.728. The predicted octanol–water partition coefficient (Wildman–Crippen LogP) is 4.13. The van der Waals surface area contributed by atoms with Crippen molar-refractivity contribution in [2.45, 2.75) is 51.2 Å². The molecule has 16 heavy (non-hydrogen) atoms. The Hall–Kier alpha value is -0.0500. The quantitative estimate of drug-likeness (QED) is 0.237. The SMILES string of the molecule is COC(CCCCCC/C=C\CCCl)OC. The third kappa shape index (κ3) is 10.5. The molecule has 0 aliphatic heterocycles. The Bertz CT molecular complexity index is 156. The van der Waals surface area contributed by atoms with Crippen molar-refractivity contribution in [1.29, 1.82) is 0 Å². The van der Waals surface area contributed by atoms with E-state index < -0.39 is 0 Å². The highest BCUT2D eigenvalue weighted by Crippen LogP contribution is 2.09. The van der Waals surface area contributed by atoms with Crippen molar-refractivity contribution in [3.8, 4) is 0 Å². The molecular weight excluding hydrogens is 224 g/mol. The van der Waals surface area contributed by atoms with E-state index >= 15 is 0 Å². The van der Waals surface area contributed by atoms with Crippen LogP contribution in [0.5, 0.6) is 0 Å². The zero-order chi connectivity index (χ0) is 12.1. The minimum absolute atomic E-state index is 0.0244. The number of ether oxygens (including phenoxy) is 2. The maximum Gasteiger partial charge on any atom is 0.156 e. The van der Waals surface area contributed by atoms with Gasteiger partial charge in [0.1, 0.15) is 0 Å². The molecule has 0 aromatic heterocycles. The summed E-state index contributed by atoms with van der Waals surface area (Å²) in [6.45, 7) is 0. The van der Waals surface area contributed by atoms with Gasteiger partial charge in [-0.15, -0.1) is 11.6 Å². The second kappa shape index (κ2) is 13.0. The lowest BCUT2D eigenvalue weighted by Crippen LogP contribution is -2.12. The molecule has 0 aliphatic carbocycles. The fourth-order valence-electron chi connectivity index (χ4n) is 1.56. The van der Waals surface area contributed by atoms with Gasteiger partial charge in [-0.3, -0.25) is 0 Å². The topological polar surface area (TPSA) is 18.5 Å². The van der Waals surface area contributed by atoms with Gasteiger partial charge in [0.05, 0.1) is 0 Å². The highest BCUT2D eigenvalue weighted by atomic mass is 35.5. The number of unbranched alkanes of at least 4 members (excludes halogenated alkanes) is 4. The van der Waals surface area contributed by atoms with E-state index in [-0.39, 0.29) is 6.29 Å². The first-order valence-electron chi connectivity index (χ1n) is 6.11. The maximum atomic E-state index is 5.57. The summed E-state index contributed by atoms with van der Waals surface area (Å²) < 4.78 is 10.3. The lowest BCUT2D eigenvalue weighted by Gasteiger charge is -2.12. The van der Waals surface area contributed by atoms with Gasteiger partial charge in [-0.2, -0.15) is 0 Å². The standard InChI is InChI=1S/C13H25ClO2/c1-15-13(16-2)11-9-7-5-3-4-6-8-10-12-14/h6,8,13H,3-5,7,9-12H2,1-2H3/b8-6-. The van der Waals surface area contributed by atoms with Crippen LogP contribution in [0, 0.1) is 0 Å². The van der Waals surface area contributed by atoms with Crippen molar-refractivity contribution in [3.05, 3.63) is 12.2 Å². The van der Waals surface area contributed by atoms with Gasteiger partial charge < -0.3 is 9.47 Å². The Kier molecular flexibility index (Phi) is 13.0. The first kappa shape index (κ1) is 16.0. The van der Waals surface area contributed by atoms with Gasteiger partial charge in [0.15, 0.2) is 6.29 Å².